The molecule has 1 unspecified atom stereocenters. The Balaban J connectivity index is 1.42. The van der Waals surface area contributed by atoms with Gasteiger partial charge in [0.2, 0.25) is 5.91 Å². The molecule has 1 atom stereocenters. The van der Waals surface area contributed by atoms with Gasteiger partial charge < -0.3 is 10.6 Å². The molecule has 144 valence electrons. The van der Waals surface area contributed by atoms with Crippen molar-refractivity contribution in [2.24, 2.45) is 0 Å². The first-order chi connectivity index (χ1) is 13.0. The molecule has 1 fully saturated rings. The van der Waals surface area contributed by atoms with Gasteiger partial charge in [-0.1, -0.05) is 35.9 Å². The predicted octanol–water partition coefficient (Wildman–Crippen LogP) is 2.96. The molecule has 0 radical (unpaired) electrons. The zero-order valence-corrected chi connectivity index (χ0v) is 16.7. The Labute approximate surface area is 164 Å². The van der Waals surface area contributed by atoms with E-state index in [1.54, 1.807) is 0 Å². The maximum Gasteiger partial charge on any atom is 0.261 e. The van der Waals surface area contributed by atoms with E-state index in [2.05, 4.69) is 34.6 Å². The second-order valence-corrected chi connectivity index (χ2v) is 8.09. The lowest BCUT2D eigenvalue weighted by molar-refractivity contribution is -0.126. The van der Waals surface area contributed by atoms with E-state index >= 15 is 0 Å². The molecule has 0 aliphatic carbocycles. The van der Waals surface area contributed by atoms with Crippen molar-refractivity contribution in [2.75, 3.05) is 13.1 Å². The van der Waals surface area contributed by atoms with E-state index in [1.807, 2.05) is 36.6 Å². The van der Waals surface area contributed by atoms with Crippen LogP contribution in [0.25, 0.3) is 0 Å². The van der Waals surface area contributed by atoms with E-state index in [4.69, 9.17) is 0 Å². The highest BCUT2D eigenvalue weighted by Crippen LogP contribution is 2.15. The Morgan fingerprint density at radius 3 is 2.52 bits per heavy atom. The molecule has 1 aromatic carbocycles. The topological polar surface area (TPSA) is 61.4 Å². The van der Waals surface area contributed by atoms with Crippen LogP contribution in [0.15, 0.2) is 41.8 Å². The minimum atomic E-state index is -0.163. The number of hydrogen-bond donors (Lipinski definition) is 2. The van der Waals surface area contributed by atoms with Crippen molar-refractivity contribution in [1.29, 1.82) is 0 Å². The number of benzene rings is 1. The molecular formula is C21H27N3O2S. The van der Waals surface area contributed by atoms with E-state index in [0.717, 1.165) is 36.4 Å². The number of nitrogens with zero attached hydrogens (tertiary/aromatic N) is 1. The van der Waals surface area contributed by atoms with Crippen LogP contribution in [0.1, 0.15) is 40.6 Å². The molecule has 1 saturated heterocycles. The number of piperidine rings is 1. The lowest BCUT2D eigenvalue weighted by atomic mass is 10.0. The van der Waals surface area contributed by atoms with Crippen LogP contribution in [0.3, 0.4) is 0 Å². The van der Waals surface area contributed by atoms with Crippen LogP contribution >= 0.6 is 11.3 Å². The van der Waals surface area contributed by atoms with Gasteiger partial charge in [-0.3, -0.25) is 14.5 Å². The van der Waals surface area contributed by atoms with Gasteiger partial charge in [-0.2, -0.15) is 0 Å². The summed E-state index contributed by atoms with van der Waals surface area (Å²) in [4.78, 5) is 27.6. The maximum atomic E-state index is 12.5. The maximum absolute atomic E-state index is 12.5. The summed E-state index contributed by atoms with van der Waals surface area (Å²) in [7, 11) is 0. The van der Waals surface area contributed by atoms with Gasteiger partial charge in [-0.15, -0.1) is 11.3 Å². The van der Waals surface area contributed by atoms with Gasteiger partial charge in [0.1, 0.15) is 0 Å². The molecular weight excluding hydrogens is 358 g/mol. The van der Waals surface area contributed by atoms with Crippen molar-refractivity contribution >= 4 is 23.2 Å². The molecule has 6 heteroatoms. The fourth-order valence-corrected chi connectivity index (χ4v) is 3.93. The smallest absolute Gasteiger partial charge is 0.261 e. The highest BCUT2D eigenvalue weighted by atomic mass is 32.1. The van der Waals surface area contributed by atoms with E-state index in [-0.39, 0.29) is 23.9 Å². The number of likely N-dealkylation sites (tertiary alicyclic amines) is 1. The molecule has 0 saturated carbocycles. The zero-order chi connectivity index (χ0) is 19.2. The van der Waals surface area contributed by atoms with Crippen LogP contribution in [0.5, 0.6) is 0 Å². The molecule has 2 aromatic rings. The first-order valence-electron chi connectivity index (χ1n) is 9.44. The van der Waals surface area contributed by atoms with Gasteiger partial charge in [0, 0.05) is 25.7 Å². The molecule has 1 aromatic heterocycles. The fraction of sp³-hybridized carbons (Fsp3) is 0.429. The summed E-state index contributed by atoms with van der Waals surface area (Å²) in [5, 5.41) is 8.05. The number of nitrogens with one attached hydrogen (secondary N) is 2. The lowest BCUT2D eigenvalue weighted by Gasteiger charge is -2.35. The minimum absolute atomic E-state index is 0.00680. The monoisotopic (exact) mass is 385 g/mol. The molecule has 1 aliphatic rings. The summed E-state index contributed by atoms with van der Waals surface area (Å²) in [5.41, 5.74) is 2.32. The molecule has 0 bridgehead atoms. The van der Waals surface area contributed by atoms with Crippen LogP contribution in [0, 0.1) is 6.92 Å². The first-order valence-corrected chi connectivity index (χ1v) is 10.3. The van der Waals surface area contributed by atoms with Crippen LogP contribution < -0.4 is 10.6 Å². The minimum Gasteiger partial charge on any atom is -0.351 e. The van der Waals surface area contributed by atoms with Crippen LogP contribution in [0.4, 0.5) is 0 Å². The highest BCUT2D eigenvalue weighted by Gasteiger charge is 2.27. The van der Waals surface area contributed by atoms with Gasteiger partial charge in [-0.25, -0.2) is 0 Å². The molecule has 3 rings (SSSR count). The molecule has 2 amide bonds. The van der Waals surface area contributed by atoms with Crippen molar-refractivity contribution in [1.82, 2.24) is 15.5 Å². The summed E-state index contributed by atoms with van der Waals surface area (Å²) < 4.78 is 0. The summed E-state index contributed by atoms with van der Waals surface area (Å²) in [6.07, 6.45) is 1.74. The van der Waals surface area contributed by atoms with Crippen molar-refractivity contribution in [3.63, 3.8) is 0 Å². The number of thiophene rings is 1. The molecule has 5 nitrogen and oxygen atoms in total. The van der Waals surface area contributed by atoms with Gasteiger partial charge in [0.15, 0.2) is 0 Å². The highest BCUT2D eigenvalue weighted by molar-refractivity contribution is 7.12. The Bertz CT molecular complexity index is 750. The molecule has 2 heterocycles. The van der Waals surface area contributed by atoms with Crippen LogP contribution in [-0.2, 0) is 11.3 Å². The quantitative estimate of drug-likeness (QED) is 0.804. The van der Waals surface area contributed by atoms with Gasteiger partial charge in [-0.05, 0) is 43.7 Å². The van der Waals surface area contributed by atoms with Gasteiger partial charge in [0.25, 0.3) is 5.91 Å². The summed E-state index contributed by atoms with van der Waals surface area (Å²) in [6.45, 7) is 6.19. The normalized spacial score (nSPS) is 16.7. The second kappa shape index (κ2) is 9.15. The average Bonchev–Trinajstić information content (AvgIpc) is 3.22. The number of hydrogen-bond acceptors (Lipinski definition) is 4. The van der Waals surface area contributed by atoms with E-state index in [9.17, 15) is 9.59 Å². The summed E-state index contributed by atoms with van der Waals surface area (Å²) >= 11 is 1.46. The Kier molecular flexibility index (Phi) is 6.63. The summed E-state index contributed by atoms with van der Waals surface area (Å²) in [6, 6.07) is 11.9. The van der Waals surface area contributed by atoms with Crippen molar-refractivity contribution < 1.29 is 9.59 Å². The van der Waals surface area contributed by atoms with Crippen molar-refractivity contribution in [3.8, 4) is 0 Å². The van der Waals surface area contributed by atoms with E-state index in [1.165, 1.54) is 16.9 Å². The number of carbonyl (C=O) groups excluding carboxylic acids is 2. The number of rotatable bonds is 6. The van der Waals surface area contributed by atoms with E-state index in [0.29, 0.717) is 6.54 Å². The Morgan fingerprint density at radius 1 is 1.19 bits per heavy atom. The lowest BCUT2D eigenvalue weighted by Crippen LogP contribution is -2.51. The number of aryl methyl sites for hydroxylation is 1. The number of carbonyl (C=O) groups is 2. The van der Waals surface area contributed by atoms with Gasteiger partial charge in [0.05, 0.1) is 10.9 Å². The Hall–Kier alpha value is -2.18. The third kappa shape index (κ3) is 5.40. The summed E-state index contributed by atoms with van der Waals surface area (Å²) in [5.74, 6) is 0.0592. The van der Waals surface area contributed by atoms with Crippen LogP contribution in [0.2, 0.25) is 0 Å². The van der Waals surface area contributed by atoms with Crippen molar-refractivity contribution in [3.05, 3.63) is 57.8 Å². The van der Waals surface area contributed by atoms with Gasteiger partial charge >= 0.3 is 0 Å². The standard InChI is InChI=1S/C21H27N3O2S/c1-15-5-7-17(8-6-15)14-22-20(25)16(2)24-11-9-18(10-12-24)23-21(26)19-4-3-13-27-19/h3-8,13,16,18H,9-12,14H2,1-2H3,(H,22,25)(H,23,26). The van der Waals surface area contributed by atoms with E-state index < -0.39 is 0 Å². The Morgan fingerprint density at radius 2 is 1.89 bits per heavy atom. The third-order valence-electron chi connectivity index (χ3n) is 5.12. The largest absolute Gasteiger partial charge is 0.351 e. The molecule has 1 aliphatic heterocycles. The second-order valence-electron chi connectivity index (χ2n) is 7.14. The van der Waals surface area contributed by atoms with Crippen LogP contribution in [-0.4, -0.2) is 41.9 Å². The molecule has 2 N–H and O–H groups in total. The average molecular weight is 386 g/mol. The SMILES string of the molecule is Cc1ccc(CNC(=O)C(C)N2CCC(NC(=O)c3cccs3)CC2)cc1. The molecule has 0 spiro atoms. The third-order valence-corrected chi connectivity index (χ3v) is 5.99. The fourth-order valence-electron chi connectivity index (χ4n) is 3.30. The zero-order valence-electron chi connectivity index (χ0n) is 15.9. The molecule has 27 heavy (non-hydrogen) atoms. The predicted molar refractivity (Wildman–Crippen MR) is 109 cm³/mol. The first kappa shape index (κ1) is 19.6. The number of amides is 2. The van der Waals surface area contributed by atoms with Crippen molar-refractivity contribution in [2.45, 2.75) is 45.3 Å².